The molecule has 1 aromatic rings. The second-order valence-corrected chi connectivity index (χ2v) is 4.58. The van der Waals surface area contributed by atoms with Crippen LogP contribution >= 0.6 is 0 Å². The van der Waals surface area contributed by atoms with Gasteiger partial charge < -0.3 is 10.1 Å². The SMILES string of the molecule is CC[C@H](C)c1ccccc1O[C@@H]1CCNC1. The number of benzene rings is 1. The van der Waals surface area contributed by atoms with Crippen LogP contribution in [0.3, 0.4) is 0 Å². The van der Waals surface area contributed by atoms with Gasteiger partial charge in [-0.05, 0) is 36.9 Å². The number of hydrogen-bond acceptors (Lipinski definition) is 2. The molecule has 0 aromatic heterocycles. The molecule has 1 aliphatic heterocycles. The first kappa shape index (κ1) is 11.5. The zero-order valence-corrected chi connectivity index (χ0v) is 10.2. The Morgan fingerprint density at radius 2 is 2.25 bits per heavy atom. The van der Waals surface area contributed by atoms with Gasteiger partial charge in [-0.25, -0.2) is 0 Å². The van der Waals surface area contributed by atoms with Crippen LogP contribution in [0.5, 0.6) is 5.75 Å². The van der Waals surface area contributed by atoms with Crippen molar-refractivity contribution in [1.82, 2.24) is 5.32 Å². The minimum atomic E-state index is 0.352. The lowest BCUT2D eigenvalue weighted by atomic mass is 9.98. The van der Waals surface area contributed by atoms with Crippen molar-refractivity contribution in [2.24, 2.45) is 0 Å². The summed E-state index contributed by atoms with van der Waals surface area (Å²) in [6.45, 7) is 6.54. The summed E-state index contributed by atoms with van der Waals surface area (Å²) in [5, 5.41) is 3.33. The van der Waals surface area contributed by atoms with Crippen LogP contribution in [0.15, 0.2) is 24.3 Å². The van der Waals surface area contributed by atoms with Crippen molar-refractivity contribution < 1.29 is 4.74 Å². The molecule has 88 valence electrons. The third-order valence-corrected chi connectivity index (χ3v) is 3.37. The molecule has 1 aromatic carbocycles. The van der Waals surface area contributed by atoms with E-state index in [4.69, 9.17) is 4.74 Å². The molecule has 2 heteroatoms. The van der Waals surface area contributed by atoms with E-state index in [0.29, 0.717) is 12.0 Å². The lowest BCUT2D eigenvalue weighted by molar-refractivity contribution is 0.220. The highest BCUT2D eigenvalue weighted by Crippen LogP contribution is 2.29. The van der Waals surface area contributed by atoms with Crippen LogP contribution in [0.1, 0.15) is 38.2 Å². The molecule has 0 radical (unpaired) electrons. The van der Waals surface area contributed by atoms with Gasteiger partial charge in [0.05, 0.1) is 0 Å². The first-order chi connectivity index (χ1) is 7.81. The summed E-state index contributed by atoms with van der Waals surface area (Å²) in [6, 6.07) is 8.44. The van der Waals surface area contributed by atoms with Crippen LogP contribution in [0, 0.1) is 0 Å². The van der Waals surface area contributed by atoms with Crippen LogP contribution < -0.4 is 10.1 Å². The zero-order valence-electron chi connectivity index (χ0n) is 10.2. The first-order valence-electron chi connectivity index (χ1n) is 6.27. The van der Waals surface area contributed by atoms with Crippen molar-refractivity contribution in [3.8, 4) is 5.75 Å². The van der Waals surface area contributed by atoms with Gasteiger partial charge >= 0.3 is 0 Å². The average molecular weight is 219 g/mol. The van der Waals surface area contributed by atoms with Crippen LogP contribution in [0.2, 0.25) is 0 Å². The number of ether oxygens (including phenoxy) is 1. The lowest BCUT2D eigenvalue weighted by Crippen LogP contribution is -2.20. The first-order valence-corrected chi connectivity index (χ1v) is 6.27. The van der Waals surface area contributed by atoms with Gasteiger partial charge in [0.1, 0.15) is 11.9 Å². The Hall–Kier alpha value is -1.02. The average Bonchev–Trinajstić information content (AvgIpc) is 2.82. The lowest BCUT2D eigenvalue weighted by Gasteiger charge is -2.18. The second kappa shape index (κ2) is 5.35. The molecule has 1 saturated heterocycles. The van der Waals surface area contributed by atoms with Crippen molar-refractivity contribution in [2.75, 3.05) is 13.1 Å². The molecule has 0 spiro atoms. The van der Waals surface area contributed by atoms with E-state index in [1.54, 1.807) is 0 Å². The Balaban J connectivity index is 2.12. The van der Waals surface area contributed by atoms with E-state index < -0.39 is 0 Å². The van der Waals surface area contributed by atoms with Crippen molar-refractivity contribution in [3.05, 3.63) is 29.8 Å². The van der Waals surface area contributed by atoms with Gasteiger partial charge in [-0.2, -0.15) is 0 Å². The van der Waals surface area contributed by atoms with Crippen LogP contribution in [-0.4, -0.2) is 19.2 Å². The van der Waals surface area contributed by atoms with Gasteiger partial charge in [-0.15, -0.1) is 0 Å². The van der Waals surface area contributed by atoms with Crippen LogP contribution in [0.25, 0.3) is 0 Å². The van der Waals surface area contributed by atoms with Gasteiger partial charge in [0.25, 0.3) is 0 Å². The van der Waals surface area contributed by atoms with Gasteiger partial charge in [0.2, 0.25) is 0 Å². The molecule has 2 nitrogen and oxygen atoms in total. The second-order valence-electron chi connectivity index (χ2n) is 4.58. The largest absolute Gasteiger partial charge is 0.489 e. The molecule has 1 N–H and O–H groups in total. The van der Waals surface area contributed by atoms with E-state index in [9.17, 15) is 0 Å². The zero-order chi connectivity index (χ0) is 11.4. The van der Waals surface area contributed by atoms with Gasteiger partial charge in [-0.3, -0.25) is 0 Å². The van der Waals surface area contributed by atoms with Crippen molar-refractivity contribution in [1.29, 1.82) is 0 Å². The summed E-state index contributed by atoms with van der Waals surface area (Å²) >= 11 is 0. The fraction of sp³-hybridized carbons (Fsp3) is 0.571. The summed E-state index contributed by atoms with van der Waals surface area (Å²) < 4.78 is 6.07. The molecule has 0 bridgehead atoms. The molecular formula is C14H21NO. The minimum absolute atomic E-state index is 0.352. The molecule has 0 aliphatic carbocycles. The van der Waals surface area contributed by atoms with Crippen LogP contribution in [0.4, 0.5) is 0 Å². The highest BCUT2D eigenvalue weighted by molar-refractivity contribution is 5.36. The standard InChI is InChI=1S/C14H21NO/c1-3-11(2)13-6-4-5-7-14(13)16-12-8-9-15-10-12/h4-7,11-12,15H,3,8-10H2,1-2H3/t11-,12+/m0/s1. The molecule has 2 atom stereocenters. The summed E-state index contributed by atoms with van der Waals surface area (Å²) in [6.07, 6.45) is 2.63. The maximum Gasteiger partial charge on any atom is 0.123 e. The normalized spacial score (nSPS) is 22.0. The summed E-state index contributed by atoms with van der Waals surface area (Å²) in [7, 11) is 0. The monoisotopic (exact) mass is 219 g/mol. The summed E-state index contributed by atoms with van der Waals surface area (Å²) in [4.78, 5) is 0. The van der Waals surface area contributed by atoms with Crippen molar-refractivity contribution in [2.45, 2.75) is 38.7 Å². The molecule has 0 amide bonds. The van der Waals surface area contributed by atoms with Crippen LogP contribution in [-0.2, 0) is 0 Å². The van der Waals surface area contributed by atoms with Crippen molar-refractivity contribution in [3.63, 3.8) is 0 Å². The Bertz CT molecular complexity index is 331. The molecular weight excluding hydrogens is 198 g/mol. The maximum absolute atomic E-state index is 6.07. The van der Waals surface area contributed by atoms with E-state index in [1.165, 1.54) is 5.56 Å². The fourth-order valence-corrected chi connectivity index (χ4v) is 2.12. The third kappa shape index (κ3) is 2.56. The van der Waals surface area contributed by atoms with Gasteiger partial charge in [-0.1, -0.05) is 32.0 Å². The Morgan fingerprint density at radius 3 is 2.94 bits per heavy atom. The highest BCUT2D eigenvalue weighted by atomic mass is 16.5. The van der Waals surface area contributed by atoms with Gasteiger partial charge in [0, 0.05) is 6.54 Å². The topological polar surface area (TPSA) is 21.3 Å². The number of para-hydroxylation sites is 1. The summed E-state index contributed by atoms with van der Waals surface area (Å²) in [5.74, 6) is 1.65. The molecule has 2 rings (SSSR count). The number of rotatable bonds is 4. The Labute approximate surface area is 98.0 Å². The Morgan fingerprint density at radius 1 is 1.44 bits per heavy atom. The molecule has 0 saturated carbocycles. The molecule has 1 aliphatic rings. The summed E-state index contributed by atoms with van der Waals surface area (Å²) in [5.41, 5.74) is 1.34. The molecule has 0 unspecified atom stereocenters. The minimum Gasteiger partial charge on any atom is -0.489 e. The molecule has 16 heavy (non-hydrogen) atoms. The number of hydrogen-bond donors (Lipinski definition) is 1. The van der Waals surface area contributed by atoms with Gasteiger partial charge in [0.15, 0.2) is 0 Å². The number of nitrogens with one attached hydrogen (secondary N) is 1. The maximum atomic E-state index is 6.07. The highest BCUT2D eigenvalue weighted by Gasteiger charge is 2.18. The predicted molar refractivity (Wildman–Crippen MR) is 67.1 cm³/mol. The molecule has 1 fully saturated rings. The predicted octanol–water partition coefficient (Wildman–Crippen LogP) is 2.94. The fourth-order valence-electron chi connectivity index (χ4n) is 2.12. The molecule has 1 heterocycles. The quantitative estimate of drug-likeness (QED) is 0.840. The van der Waals surface area contributed by atoms with E-state index in [2.05, 4.69) is 43.4 Å². The third-order valence-electron chi connectivity index (χ3n) is 3.37. The van der Waals surface area contributed by atoms with E-state index in [0.717, 1.165) is 31.7 Å². The van der Waals surface area contributed by atoms with E-state index >= 15 is 0 Å². The Kier molecular flexibility index (Phi) is 3.83. The van der Waals surface area contributed by atoms with E-state index in [-0.39, 0.29) is 0 Å². The van der Waals surface area contributed by atoms with Crippen molar-refractivity contribution >= 4 is 0 Å². The smallest absolute Gasteiger partial charge is 0.123 e. The van der Waals surface area contributed by atoms with E-state index in [1.807, 2.05) is 0 Å².